The molecule has 0 saturated heterocycles. The van der Waals surface area contributed by atoms with Gasteiger partial charge >= 0.3 is 0 Å². The molecule has 2 aromatic rings. The van der Waals surface area contributed by atoms with E-state index in [-0.39, 0.29) is 0 Å². The quantitative estimate of drug-likeness (QED) is 0.822. The highest BCUT2D eigenvalue weighted by atomic mass is 32.2. The van der Waals surface area contributed by atoms with Crippen molar-refractivity contribution in [3.8, 4) is 0 Å². The average molecular weight is 262 g/mol. The number of nitrogen functional groups attached to an aromatic ring is 1. The van der Waals surface area contributed by atoms with Crippen molar-refractivity contribution < 1.29 is 4.79 Å². The van der Waals surface area contributed by atoms with E-state index in [4.69, 9.17) is 11.5 Å². The van der Waals surface area contributed by atoms with Crippen molar-refractivity contribution in [2.24, 2.45) is 12.8 Å². The molecule has 4 N–H and O–H groups in total. The summed E-state index contributed by atoms with van der Waals surface area (Å²) in [6.45, 7) is 1.92. The van der Waals surface area contributed by atoms with E-state index < -0.39 is 5.91 Å². The van der Waals surface area contributed by atoms with Gasteiger partial charge in [0.2, 0.25) is 5.91 Å². The summed E-state index contributed by atoms with van der Waals surface area (Å²) in [6.07, 6.45) is 0. The SMILES string of the molecule is Cc1cc(Sc2cc(C(N)=O)ccc2N)n(C)n1. The second kappa shape index (κ2) is 4.73. The van der Waals surface area contributed by atoms with Gasteiger partial charge in [0, 0.05) is 23.2 Å². The molecule has 1 heterocycles. The Morgan fingerprint density at radius 3 is 2.67 bits per heavy atom. The lowest BCUT2D eigenvalue weighted by Crippen LogP contribution is -2.11. The first kappa shape index (κ1) is 12.5. The zero-order chi connectivity index (χ0) is 13.3. The van der Waals surface area contributed by atoms with E-state index in [1.165, 1.54) is 11.8 Å². The van der Waals surface area contributed by atoms with Crippen LogP contribution < -0.4 is 11.5 Å². The van der Waals surface area contributed by atoms with Crippen LogP contribution in [0.2, 0.25) is 0 Å². The number of aryl methyl sites for hydroxylation is 2. The number of hydrogen-bond donors (Lipinski definition) is 2. The van der Waals surface area contributed by atoms with E-state index in [0.29, 0.717) is 11.3 Å². The number of primary amides is 1. The van der Waals surface area contributed by atoms with Gasteiger partial charge < -0.3 is 11.5 Å². The van der Waals surface area contributed by atoms with Crippen molar-refractivity contribution in [3.05, 3.63) is 35.5 Å². The average Bonchev–Trinajstić information content (AvgIpc) is 2.60. The number of benzene rings is 1. The lowest BCUT2D eigenvalue weighted by molar-refractivity contribution is 0.1000. The molecule has 0 saturated carbocycles. The molecule has 0 radical (unpaired) electrons. The Labute approximate surface area is 109 Å². The Balaban J connectivity index is 2.36. The van der Waals surface area contributed by atoms with Gasteiger partial charge in [-0.25, -0.2) is 0 Å². The van der Waals surface area contributed by atoms with Gasteiger partial charge in [-0.3, -0.25) is 9.48 Å². The van der Waals surface area contributed by atoms with E-state index in [2.05, 4.69) is 5.10 Å². The number of carbonyl (C=O) groups is 1. The van der Waals surface area contributed by atoms with Crippen LogP contribution in [0.15, 0.2) is 34.2 Å². The van der Waals surface area contributed by atoms with Crippen molar-refractivity contribution in [1.29, 1.82) is 0 Å². The Kier molecular flexibility index (Phi) is 3.29. The molecule has 1 aromatic heterocycles. The van der Waals surface area contributed by atoms with Gasteiger partial charge in [-0.15, -0.1) is 0 Å². The molecule has 94 valence electrons. The molecule has 0 bridgehead atoms. The number of anilines is 1. The Morgan fingerprint density at radius 1 is 1.39 bits per heavy atom. The monoisotopic (exact) mass is 262 g/mol. The van der Waals surface area contributed by atoms with Gasteiger partial charge in [0.15, 0.2) is 0 Å². The van der Waals surface area contributed by atoms with Crippen LogP contribution in [-0.2, 0) is 7.05 Å². The van der Waals surface area contributed by atoms with Crippen molar-refractivity contribution in [2.75, 3.05) is 5.73 Å². The molecule has 1 amide bonds. The number of aromatic nitrogens is 2. The van der Waals surface area contributed by atoms with E-state index >= 15 is 0 Å². The molecule has 6 heteroatoms. The van der Waals surface area contributed by atoms with E-state index in [0.717, 1.165) is 15.6 Å². The van der Waals surface area contributed by atoms with Crippen molar-refractivity contribution in [1.82, 2.24) is 9.78 Å². The number of nitrogens with zero attached hydrogens (tertiary/aromatic N) is 2. The van der Waals surface area contributed by atoms with Gasteiger partial charge in [0.05, 0.1) is 10.7 Å². The summed E-state index contributed by atoms with van der Waals surface area (Å²) in [7, 11) is 1.86. The number of carbonyl (C=O) groups excluding carboxylic acids is 1. The van der Waals surface area contributed by atoms with Crippen LogP contribution in [-0.4, -0.2) is 15.7 Å². The fourth-order valence-electron chi connectivity index (χ4n) is 1.57. The van der Waals surface area contributed by atoms with E-state index in [9.17, 15) is 4.79 Å². The molecule has 2 rings (SSSR count). The first-order valence-corrected chi connectivity index (χ1v) is 6.17. The highest BCUT2D eigenvalue weighted by Crippen LogP contribution is 2.32. The number of rotatable bonds is 3. The van der Waals surface area contributed by atoms with Crippen molar-refractivity contribution >= 4 is 23.4 Å². The minimum atomic E-state index is -0.460. The Morgan fingerprint density at radius 2 is 2.11 bits per heavy atom. The van der Waals surface area contributed by atoms with Gasteiger partial charge in [-0.1, -0.05) is 11.8 Å². The Bertz CT molecular complexity index is 606. The molecular weight excluding hydrogens is 248 g/mol. The van der Waals surface area contributed by atoms with Crippen LogP contribution in [0, 0.1) is 6.92 Å². The van der Waals surface area contributed by atoms with E-state index in [1.54, 1.807) is 22.9 Å². The van der Waals surface area contributed by atoms with Crippen LogP contribution >= 0.6 is 11.8 Å². The zero-order valence-corrected chi connectivity index (χ0v) is 11.0. The minimum absolute atomic E-state index is 0.450. The normalized spacial score (nSPS) is 10.6. The topological polar surface area (TPSA) is 86.9 Å². The van der Waals surface area contributed by atoms with Gasteiger partial charge in [-0.05, 0) is 31.2 Å². The van der Waals surface area contributed by atoms with E-state index in [1.807, 2.05) is 20.0 Å². The smallest absolute Gasteiger partial charge is 0.248 e. The van der Waals surface area contributed by atoms with Gasteiger partial charge in [0.1, 0.15) is 0 Å². The fraction of sp³-hybridized carbons (Fsp3) is 0.167. The predicted octanol–water partition coefficient (Wildman–Crippen LogP) is 1.56. The largest absolute Gasteiger partial charge is 0.398 e. The second-order valence-corrected chi connectivity index (χ2v) is 5.03. The third kappa shape index (κ3) is 2.48. The first-order chi connectivity index (χ1) is 8.47. The molecule has 0 aliphatic heterocycles. The molecule has 18 heavy (non-hydrogen) atoms. The summed E-state index contributed by atoms with van der Waals surface area (Å²) in [5.74, 6) is -0.460. The highest BCUT2D eigenvalue weighted by molar-refractivity contribution is 7.99. The van der Waals surface area contributed by atoms with Crippen LogP contribution in [0.25, 0.3) is 0 Å². The van der Waals surface area contributed by atoms with Gasteiger partial charge in [0.25, 0.3) is 0 Å². The number of amides is 1. The molecule has 0 spiro atoms. The molecule has 0 fully saturated rings. The Hall–Kier alpha value is -1.95. The van der Waals surface area contributed by atoms with Crippen LogP contribution in [0.3, 0.4) is 0 Å². The molecule has 0 atom stereocenters. The van der Waals surface area contributed by atoms with Gasteiger partial charge in [-0.2, -0.15) is 5.10 Å². The highest BCUT2D eigenvalue weighted by Gasteiger charge is 2.09. The standard InChI is InChI=1S/C12H14N4OS/c1-7-5-11(16(2)15-7)18-10-6-8(12(14)17)3-4-9(10)13/h3-6H,13H2,1-2H3,(H2,14,17). The molecule has 1 aromatic carbocycles. The number of hydrogen-bond acceptors (Lipinski definition) is 4. The van der Waals surface area contributed by atoms with Crippen LogP contribution in [0.1, 0.15) is 16.1 Å². The van der Waals surface area contributed by atoms with Crippen molar-refractivity contribution in [3.63, 3.8) is 0 Å². The number of nitrogens with two attached hydrogens (primary N) is 2. The third-order valence-electron chi connectivity index (χ3n) is 2.47. The van der Waals surface area contributed by atoms with Crippen LogP contribution in [0.5, 0.6) is 0 Å². The summed E-state index contributed by atoms with van der Waals surface area (Å²) in [5.41, 5.74) is 13.1. The minimum Gasteiger partial charge on any atom is -0.398 e. The summed E-state index contributed by atoms with van der Waals surface area (Å²) < 4.78 is 1.77. The lowest BCUT2D eigenvalue weighted by Gasteiger charge is -2.06. The summed E-state index contributed by atoms with van der Waals surface area (Å²) >= 11 is 1.46. The summed E-state index contributed by atoms with van der Waals surface area (Å²) in [4.78, 5) is 11.9. The molecule has 5 nitrogen and oxygen atoms in total. The molecular formula is C12H14N4OS. The molecule has 0 unspecified atom stereocenters. The first-order valence-electron chi connectivity index (χ1n) is 5.35. The summed E-state index contributed by atoms with van der Waals surface area (Å²) in [5, 5.41) is 5.22. The maximum absolute atomic E-state index is 11.1. The summed E-state index contributed by atoms with van der Waals surface area (Å²) in [6, 6.07) is 6.97. The second-order valence-electron chi connectivity index (χ2n) is 3.97. The molecule has 0 aliphatic rings. The predicted molar refractivity (Wildman–Crippen MR) is 71.4 cm³/mol. The molecule has 0 aliphatic carbocycles. The lowest BCUT2D eigenvalue weighted by atomic mass is 10.2. The fourth-order valence-corrected chi connectivity index (χ4v) is 2.57. The maximum atomic E-state index is 11.1. The maximum Gasteiger partial charge on any atom is 0.248 e. The third-order valence-corrected chi connectivity index (χ3v) is 3.64. The zero-order valence-electron chi connectivity index (χ0n) is 10.2. The van der Waals surface area contributed by atoms with Crippen molar-refractivity contribution in [2.45, 2.75) is 16.8 Å². The van der Waals surface area contributed by atoms with Crippen LogP contribution in [0.4, 0.5) is 5.69 Å².